The van der Waals surface area contributed by atoms with E-state index in [1.54, 1.807) is 11.9 Å². The van der Waals surface area contributed by atoms with Crippen molar-refractivity contribution >= 4 is 12.1 Å². The van der Waals surface area contributed by atoms with Gasteiger partial charge in [0.05, 0.1) is 0 Å². The topological polar surface area (TPSA) is 73.5 Å². The fourth-order valence-corrected chi connectivity index (χ4v) is 3.69. The standard InChI is InChI=1S/C16H30N4O2/c1-16(2)7-4-5-12(9-16)10-18-15(22)20-8-6-13(11-20)19-14(21)17-3/h12-13H,4-11H2,1-3H3,(H,18,22)(H2,17,19,21). The highest BCUT2D eigenvalue weighted by molar-refractivity contribution is 5.76. The summed E-state index contributed by atoms with van der Waals surface area (Å²) in [5, 5.41) is 8.48. The van der Waals surface area contributed by atoms with Gasteiger partial charge in [0.2, 0.25) is 0 Å². The molecule has 4 amide bonds. The molecule has 6 nitrogen and oxygen atoms in total. The van der Waals surface area contributed by atoms with Crippen LogP contribution in [0.4, 0.5) is 9.59 Å². The van der Waals surface area contributed by atoms with Gasteiger partial charge < -0.3 is 20.9 Å². The molecule has 0 aromatic heterocycles. The zero-order chi connectivity index (χ0) is 16.2. The maximum absolute atomic E-state index is 12.2. The Bertz CT molecular complexity index is 411. The van der Waals surface area contributed by atoms with Crippen LogP contribution in [0.25, 0.3) is 0 Å². The molecule has 3 N–H and O–H groups in total. The average molecular weight is 310 g/mol. The zero-order valence-electron chi connectivity index (χ0n) is 14.1. The van der Waals surface area contributed by atoms with E-state index in [0.717, 1.165) is 13.0 Å². The van der Waals surface area contributed by atoms with Gasteiger partial charge in [-0.3, -0.25) is 0 Å². The third kappa shape index (κ3) is 4.78. The number of amides is 4. The molecular formula is C16H30N4O2. The first kappa shape index (κ1) is 16.9. The predicted molar refractivity (Wildman–Crippen MR) is 86.7 cm³/mol. The maximum Gasteiger partial charge on any atom is 0.317 e. The lowest BCUT2D eigenvalue weighted by molar-refractivity contribution is 0.170. The molecule has 126 valence electrons. The molecule has 6 heteroatoms. The smallest absolute Gasteiger partial charge is 0.317 e. The van der Waals surface area contributed by atoms with Crippen LogP contribution in [0.3, 0.4) is 0 Å². The van der Waals surface area contributed by atoms with Crippen LogP contribution in [0.1, 0.15) is 46.0 Å². The van der Waals surface area contributed by atoms with Gasteiger partial charge in [-0.15, -0.1) is 0 Å². The SMILES string of the molecule is CNC(=O)NC1CCN(C(=O)NCC2CCCC(C)(C)C2)C1. The maximum atomic E-state index is 12.2. The Morgan fingerprint density at radius 1 is 1.27 bits per heavy atom. The molecule has 2 atom stereocenters. The van der Waals surface area contributed by atoms with E-state index in [1.807, 2.05) is 0 Å². The highest BCUT2D eigenvalue weighted by Crippen LogP contribution is 2.38. The fourth-order valence-electron chi connectivity index (χ4n) is 3.69. The quantitative estimate of drug-likeness (QED) is 0.745. The lowest BCUT2D eigenvalue weighted by Gasteiger charge is -2.35. The van der Waals surface area contributed by atoms with Crippen molar-refractivity contribution < 1.29 is 9.59 Å². The minimum atomic E-state index is -0.184. The number of hydrogen-bond acceptors (Lipinski definition) is 2. The van der Waals surface area contributed by atoms with Crippen LogP contribution < -0.4 is 16.0 Å². The number of carbonyl (C=O) groups is 2. The third-order valence-electron chi connectivity index (χ3n) is 4.89. The third-order valence-corrected chi connectivity index (χ3v) is 4.89. The molecule has 22 heavy (non-hydrogen) atoms. The summed E-state index contributed by atoms with van der Waals surface area (Å²) in [5.41, 5.74) is 0.407. The van der Waals surface area contributed by atoms with Crippen LogP contribution in [0.2, 0.25) is 0 Å². The Morgan fingerprint density at radius 2 is 2.05 bits per heavy atom. The van der Waals surface area contributed by atoms with Crippen LogP contribution >= 0.6 is 0 Å². The molecule has 2 aliphatic rings. The van der Waals surface area contributed by atoms with Gasteiger partial charge in [0.15, 0.2) is 0 Å². The van der Waals surface area contributed by atoms with Crippen molar-refractivity contribution in [2.75, 3.05) is 26.7 Å². The summed E-state index contributed by atoms with van der Waals surface area (Å²) in [4.78, 5) is 25.3. The average Bonchev–Trinajstić information content (AvgIpc) is 2.92. The van der Waals surface area contributed by atoms with E-state index in [4.69, 9.17) is 0 Å². The number of urea groups is 2. The second kappa shape index (κ2) is 7.20. The molecule has 2 rings (SSSR count). The van der Waals surface area contributed by atoms with Crippen LogP contribution in [-0.2, 0) is 0 Å². The van der Waals surface area contributed by atoms with Crippen LogP contribution in [0.5, 0.6) is 0 Å². The van der Waals surface area contributed by atoms with E-state index in [1.165, 1.54) is 25.7 Å². The Hall–Kier alpha value is -1.46. The Balaban J connectivity index is 1.71. The number of likely N-dealkylation sites (tertiary alicyclic amines) is 1. The van der Waals surface area contributed by atoms with Gasteiger partial charge >= 0.3 is 12.1 Å². The molecule has 0 aromatic rings. The molecule has 1 saturated carbocycles. The van der Waals surface area contributed by atoms with E-state index >= 15 is 0 Å². The first-order valence-electron chi connectivity index (χ1n) is 8.40. The normalized spacial score (nSPS) is 27.3. The van der Waals surface area contributed by atoms with Gasteiger partial charge in [-0.05, 0) is 37.0 Å². The molecule has 1 saturated heterocycles. The molecule has 1 aliphatic carbocycles. The van der Waals surface area contributed by atoms with Crippen molar-refractivity contribution in [3.63, 3.8) is 0 Å². The molecule has 2 unspecified atom stereocenters. The molecule has 0 radical (unpaired) electrons. The van der Waals surface area contributed by atoms with Gasteiger partial charge in [-0.1, -0.05) is 20.3 Å². The van der Waals surface area contributed by atoms with Crippen molar-refractivity contribution in [3.05, 3.63) is 0 Å². The molecule has 2 fully saturated rings. The van der Waals surface area contributed by atoms with Gasteiger partial charge in [0, 0.05) is 32.7 Å². The zero-order valence-corrected chi connectivity index (χ0v) is 14.1. The first-order valence-corrected chi connectivity index (χ1v) is 8.40. The van der Waals surface area contributed by atoms with Crippen molar-refractivity contribution in [1.82, 2.24) is 20.9 Å². The number of hydrogen-bond donors (Lipinski definition) is 3. The first-order chi connectivity index (χ1) is 10.4. The lowest BCUT2D eigenvalue weighted by Crippen LogP contribution is -2.45. The molecular weight excluding hydrogens is 280 g/mol. The van der Waals surface area contributed by atoms with Gasteiger partial charge in [0.25, 0.3) is 0 Å². The van der Waals surface area contributed by atoms with E-state index in [9.17, 15) is 9.59 Å². The van der Waals surface area contributed by atoms with Crippen molar-refractivity contribution in [3.8, 4) is 0 Å². The summed E-state index contributed by atoms with van der Waals surface area (Å²) in [5.74, 6) is 0.593. The second-order valence-corrected chi connectivity index (χ2v) is 7.47. The van der Waals surface area contributed by atoms with Crippen molar-refractivity contribution in [2.45, 2.75) is 52.0 Å². The summed E-state index contributed by atoms with van der Waals surface area (Å²) < 4.78 is 0. The molecule has 0 aromatic carbocycles. The molecule has 0 spiro atoms. The number of rotatable bonds is 3. The molecule has 1 heterocycles. The van der Waals surface area contributed by atoms with E-state index in [0.29, 0.717) is 24.4 Å². The van der Waals surface area contributed by atoms with Crippen LogP contribution in [-0.4, -0.2) is 49.7 Å². The second-order valence-electron chi connectivity index (χ2n) is 7.47. The highest BCUT2D eigenvalue weighted by atomic mass is 16.2. The summed E-state index contributed by atoms with van der Waals surface area (Å²) >= 11 is 0. The Kier molecular flexibility index (Phi) is 5.53. The summed E-state index contributed by atoms with van der Waals surface area (Å²) in [6.45, 7) is 6.70. The van der Waals surface area contributed by atoms with Crippen molar-refractivity contribution in [1.29, 1.82) is 0 Å². The number of nitrogens with one attached hydrogen (secondary N) is 3. The molecule has 1 aliphatic heterocycles. The van der Waals surface area contributed by atoms with E-state index in [2.05, 4.69) is 29.8 Å². The summed E-state index contributed by atoms with van der Waals surface area (Å²) in [6, 6.07) is -0.124. The van der Waals surface area contributed by atoms with Crippen LogP contribution in [0, 0.1) is 11.3 Å². The highest BCUT2D eigenvalue weighted by Gasteiger charge is 2.30. The van der Waals surface area contributed by atoms with Crippen molar-refractivity contribution in [2.24, 2.45) is 11.3 Å². The predicted octanol–water partition coefficient (Wildman–Crippen LogP) is 1.92. The fraction of sp³-hybridized carbons (Fsp3) is 0.875. The minimum Gasteiger partial charge on any atom is -0.341 e. The lowest BCUT2D eigenvalue weighted by atomic mass is 9.72. The largest absolute Gasteiger partial charge is 0.341 e. The van der Waals surface area contributed by atoms with Crippen LogP contribution in [0.15, 0.2) is 0 Å². The van der Waals surface area contributed by atoms with Gasteiger partial charge in [-0.25, -0.2) is 9.59 Å². The van der Waals surface area contributed by atoms with E-state index in [-0.39, 0.29) is 18.1 Å². The Morgan fingerprint density at radius 3 is 2.73 bits per heavy atom. The number of carbonyl (C=O) groups excluding carboxylic acids is 2. The minimum absolute atomic E-state index is 0.00425. The van der Waals surface area contributed by atoms with Gasteiger partial charge in [0.1, 0.15) is 0 Å². The molecule has 0 bridgehead atoms. The summed E-state index contributed by atoms with van der Waals surface area (Å²) in [7, 11) is 1.60. The van der Waals surface area contributed by atoms with Gasteiger partial charge in [-0.2, -0.15) is 0 Å². The Labute approximate surface area is 133 Å². The van der Waals surface area contributed by atoms with E-state index < -0.39 is 0 Å². The summed E-state index contributed by atoms with van der Waals surface area (Å²) in [6.07, 6.45) is 5.77. The number of nitrogens with zero attached hydrogens (tertiary/aromatic N) is 1. The monoisotopic (exact) mass is 310 g/mol.